The van der Waals surface area contributed by atoms with Crippen LogP contribution in [0.3, 0.4) is 0 Å². The van der Waals surface area contributed by atoms with Crippen molar-refractivity contribution in [1.29, 1.82) is 0 Å². The van der Waals surface area contributed by atoms with Gasteiger partial charge in [0.15, 0.2) is 0 Å². The zero-order valence-corrected chi connectivity index (χ0v) is 10.8. The molecule has 1 heteroatoms. The Labute approximate surface area is 95.3 Å². The zero-order chi connectivity index (χ0) is 11.3. The molecule has 15 heavy (non-hydrogen) atoms. The van der Waals surface area contributed by atoms with E-state index in [-0.39, 0.29) is 0 Å². The highest BCUT2D eigenvalue weighted by Gasteiger charge is 2.16. The van der Waals surface area contributed by atoms with Gasteiger partial charge in [0.2, 0.25) is 0 Å². The van der Waals surface area contributed by atoms with Crippen LogP contribution >= 0.6 is 0 Å². The minimum Gasteiger partial charge on any atom is -0.311 e. The molecule has 0 aromatic carbocycles. The Bertz CT molecular complexity index is 197. The van der Waals surface area contributed by atoms with Crippen LogP contribution < -0.4 is 5.32 Å². The number of rotatable bonds is 4. The average molecular weight is 209 g/mol. The van der Waals surface area contributed by atoms with Gasteiger partial charge < -0.3 is 5.32 Å². The quantitative estimate of drug-likeness (QED) is 0.695. The van der Waals surface area contributed by atoms with Crippen LogP contribution in [0.5, 0.6) is 0 Å². The maximum absolute atomic E-state index is 3.48. The highest BCUT2D eigenvalue weighted by molar-refractivity contribution is 5.04. The Kier molecular flexibility index (Phi) is 5.38. The SMILES string of the molecule is C/C(=C\C1CCC(C)CC1)CNC(C)C. The third-order valence-corrected chi connectivity index (χ3v) is 3.37. The van der Waals surface area contributed by atoms with Crippen molar-refractivity contribution in [1.82, 2.24) is 5.32 Å². The summed E-state index contributed by atoms with van der Waals surface area (Å²) in [5.74, 6) is 1.82. The molecule has 0 atom stereocenters. The van der Waals surface area contributed by atoms with Crippen molar-refractivity contribution >= 4 is 0 Å². The minimum absolute atomic E-state index is 0.597. The summed E-state index contributed by atoms with van der Waals surface area (Å²) in [6, 6.07) is 0.597. The number of hydrogen-bond acceptors (Lipinski definition) is 1. The summed E-state index contributed by atoms with van der Waals surface area (Å²) in [5.41, 5.74) is 1.52. The third-order valence-electron chi connectivity index (χ3n) is 3.37. The summed E-state index contributed by atoms with van der Waals surface area (Å²) in [6.07, 6.45) is 8.15. The minimum atomic E-state index is 0.597. The molecule has 0 bridgehead atoms. The standard InChI is InChI=1S/C14H27N/c1-11(2)15-10-13(4)9-14-7-5-12(3)6-8-14/h9,11-12,14-15H,5-8,10H2,1-4H3/b13-9+. The molecule has 0 spiro atoms. The molecule has 0 aromatic rings. The van der Waals surface area contributed by atoms with Gasteiger partial charge in [-0.3, -0.25) is 0 Å². The molecule has 0 saturated heterocycles. The fourth-order valence-corrected chi connectivity index (χ4v) is 2.28. The molecule has 88 valence electrons. The fraction of sp³-hybridized carbons (Fsp3) is 0.857. The third kappa shape index (κ3) is 5.36. The van der Waals surface area contributed by atoms with Gasteiger partial charge in [0.1, 0.15) is 0 Å². The van der Waals surface area contributed by atoms with Crippen molar-refractivity contribution in [2.24, 2.45) is 11.8 Å². The summed E-state index contributed by atoms with van der Waals surface area (Å²) >= 11 is 0. The molecule has 1 aliphatic rings. The second kappa shape index (κ2) is 6.32. The molecule has 0 aromatic heterocycles. The molecule has 1 N–H and O–H groups in total. The van der Waals surface area contributed by atoms with Crippen LogP contribution in [0.1, 0.15) is 53.4 Å². The second-order valence-corrected chi connectivity index (χ2v) is 5.57. The van der Waals surface area contributed by atoms with Crippen molar-refractivity contribution in [3.63, 3.8) is 0 Å². The lowest BCUT2D eigenvalue weighted by Crippen LogP contribution is -2.24. The highest BCUT2D eigenvalue weighted by atomic mass is 14.9. The van der Waals surface area contributed by atoms with E-state index in [1.807, 2.05) is 0 Å². The topological polar surface area (TPSA) is 12.0 Å². The van der Waals surface area contributed by atoms with Gasteiger partial charge in [0, 0.05) is 12.6 Å². The predicted octanol–water partition coefficient (Wildman–Crippen LogP) is 3.76. The van der Waals surface area contributed by atoms with E-state index >= 15 is 0 Å². The summed E-state index contributed by atoms with van der Waals surface area (Å²) in [4.78, 5) is 0. The molecule has 1 rings (SSSR count). The largest absolute Gasteiger partial charge is 0.311 e. The monoisotopic (exact) mass is 209 g/mol. The van der Waals surface area contributed by atoms with Crippen LogP contribution in [0.4, 0.5) is 0 Å². The van der Waals surface area contributed by atoms with E-state index in [9.17, 15) is 0 Å². The van der Waals surface area contributed by atoms with E-state index in [1.54, 1.807) is 0 Å². The summed E-state index contributed by atoms with van der Waals surface area (Å²) in [5, 5.41) is 3.48. The molecule has 0 unspecified atom stereocenters. The van der Waals surface area contributed by atoms with Crippen molar-refractivity contribution in [3.8, 4) is 0 Å². The van der Waals surface area contributed by atoms with Crippen LogP contribution in [-0.4, -0.2) is 12.6 Å². The maximum Gasteiger partial charge on any atom is 0.0164 e. The van der Waals surface area contributed by atoms with E-state index in [2.05, 4.69) is 39.1 Å². The van der Waals surface area contributed by atoms with Crippen LogP contribution in [0.2, 0.25) is 0 Å². The Morgan fingerprint density at radius 3 is 2.40 bits per heavy atom. The number of hydrogen-bond donors (Lipinski definition) is 1. The van der Waals surface area contributed by atoms with E-state index in [0.29, 0.717) is 6.04 Å². The van der Waals surface area contributed by atoms with Gasteiger partial charge in [0.25, 0.3) is 0 Å². The Morgan fingerprint density at radius 1 is 1.27 bits per heavy atom. The van der Waals surface area contributed by atoms with E-state index in [4.69, 9.17) is 0 Å². The Hall–Kier alpha value is -0.300. The molecule has 0 aliphatic heterocycles. The van der Waals surface area contributed by atoms with E-state index < -0.39 is 0 Å². The van der Waals surface area contributed by atoms with Gasteiger partial charge >= 0.3 is 0 Å². The lowest BCUT2D eigenvalue weighted by molar-refractivity contribution is 0.329. The van der Waals surface area contributed by atoms with E-state index in [1.165, 1.54) is 31.3 Å². The summed E-state index contributed by atoms with van der Waals surface area (Å²) in [7, 11) is 0. The fourth-order valence-electron chi connectivity index (χ4n) is 2.28. The van der Waals surface area contributed by atoms with Gasteiger partial charge in [-0.1, -0.05) is 45.3 Å². The lowest BCUT2D eigenvalue weighted by atomic mass is 9.82. The van der Waals surface area contributed by atoms with Crippen LogP contribution in [0, 0.1) is 11.8 Å². The average Bonchev–Trinajstić information content (AvgIpc) is 2.19. The first-order valence-electron chi connectivity index (χ1n) is 6.48. The number of allylic oxidation sites excluding steroid dienone is 1. The molecule has 0 heterocycles. The van der Waals surface area contributed by atoms with Crippen LogP contribution in [0.15, 0.2) is 11.6 Å². The first-order valence-corrected chi connectivity index (χ1v) is 6.48. The first-order chi connectivity index (χ1) is 7.08. The normalized spacial score (nSPS) is 28.5. The van der Waals surface area contributed by atoms with E-state index in [0.717, 1.165) is 18.4 Å². The Balaban J connectivity index is 2.28. The zero-order valence-electron chi connectivity index (χ0n) is 10.8. The molecule has 1 aliphatic carbocycles. The van der Waals surface area contributed by atoms with Crippen LogP contribution in [-0.2, 0) is 0 Å². The molecule has 0 radical (unpaired) electrons. The van der Waals surface area contributed by atoms with Gasteiger partial charge in [0.05, 0.1) is 0 Å². The smallest absolute Gasteiger partial charge is 0.0164 e. The summed E-state index contributed by atoms with van der Waals surface area (Å²) < 4.78 is 0. The predicted molar refractivity (Wildman–Crippen MR) is 68.0 cm³/mol. The molecular formula is C14H27N. The van der Waals surface area contributed by atoms with Gasteiger partial charge in [-0.2, -0.15) is 0 Å². The van der Waals surface area contributed by atoms with Crippen LogP contribution in [0.25, 0.3) is 0 Å². The first kappa shape index (κ1) is 12.8. The Morgan fingerprint density at radius 2 is 1.87 bits per heavy atom. The molecule has 1 saturated carbocycles. The number of nitrogens with one attached hydrogen (secondary N) is 1. The van der Waals surface area contributed by atoms with Gasteiger partial charge in [-0.05, 0) is 31.6 Å². The van der Waals surface area contributed by atoms with Crippen molar-refractivity contribution in [3.05, 3.63) is 11.6 Å². The van der Waals surface area contributed by atoms with Crippen molar-refractivity contribution < 1.29 is 0 Å². The molecule has 1 fully saturated rings. The highest BCUT2D eigenvalue weighted by Crippen LogP contribution is 2.29. The maximum atomic E-state index is 3.48. The second-order valence-electron chi connectivity index (χ2n) is 5.57. The molecular weight excluding hydrogens is 182 g/mol. The lowest BCUT2D eigenvalue weighted by Gasteiger charge is -2.24. The van der Waals surface area contributed by atoms with Crippen molar-refractivity contribution in [2.45, 2.75) is 59.4 Å². The molecule has 1 nitrogen and oxygen atoms in total. The summed E-state index contributed by atoms with van der Waals surface area (Å²) in [6.45, 7) is 10.1. The molecule has 0 amide bonds. The van der Waals surface area contributed by atoms with Gasteiger partial charge in [-0.15, -0.1) is 0 Å². The van der Waals surface area contributed by atoms with Gasteiger partial charge in [-0.25, -0.2) is 0 Å². The van der Waals surface area contributed by atoms with Crippen molar-refractivity contribution in [2.75, 3.05) is 6.54 Å².